The van der Waals surface area contributed by atoms with Gasteiger partial charge in [-0.05, 0) is 19.9 Å². The normalized spacial score (nSPS) is 35.3. The molecule has 17 heavy (non-hydrogen) atoms. The van der Waals surface area contributed by atoms with Crippen LogP contribution >= 0.6 is 11.8 Å². The molecule has 0 bridgehead atoms. The fraction of sp³-hybridized carbons (Fsp3) is 1.00. The van der Waals surface area contributed by atoms with Gasteiger partial charge in [-0.25, -0.2) is 0 Å². The van der Waals surface area contributed by atoms with E-state index in [4.69, 9.17) is 4.74 Å². The summed E-state index contributed by atoms with van der Waals surface area (Å²) in [4.78, 5) is 2.65. The van der Waals surface area contributed by atoms with Crippen LogP contribution in [0.5, 0.6) is 0 Å². The lowest BCUT2D eigenvalue weighted by molar-refractivity contribution is 0.156. The van der Waals surface area contributed by atoms with Gasteiger partial charge in [0, 0.05) is 42.6 Å². The smallest absolute Gasteiger partial charge is 0.0623 e. The second-order valence-corrected chi connectivity index (χ2v) is 6.43. The molecule has 0 aromatic rings. The second kappa shape index (κ2) is 6.98. The summed E-state index contributed by atoms with van der Waals surface area (Å²) in [6, 6.07) is 1.32. The minimum absolute atomic E-state index is 0.580. The molecule has 3 unspecified atom stereocenters. The quantitative estimate of drug-likeness (QED) is 0.806. The van der Waals surface area contributed by atoms with Gasteiger partial charge in [-0.2, -0.15) is 11.8 Å². The standard InChI is InChI=1S/C13H26N2OS/c1-3-4-14-13-9-16-8-12(13)7-15-5-6-17-10-11(15)2/h11-14H,3-10H2,1-2H3. The largest absolute Gasteiger partial charge is 0.379 e. The van der Waals surface area contributed by atoms with Crippen LogP contribution < -0.4 is 5.32 Å². The molecular weight excluding hydrogens is 232 g/mol. The van der Waals surface area contributed by atoms with E-state index in [1.807, 2.05) is 0 Å². The number of thioether (sulfide) groups is 1. The Balaban J connectivity index is 1.79. The van der Waals surface area contributed by atoms with Crippen molar-refractivity contribution in [2.24, 2.45) is 5.92 Å². The number of hydrogen-bond acceptors (Lipinski definition) is 4. The van der Waals surface area contributed by atoms with Crippen LogP contribution in [0.15, 0.2) is 0 Å². The summed E-state index contributed by atoms with van der Waals surface area (Å²) in [6.07, 6.45) is 1.21. The number of rotatable bonds is 5. The molecule has 0 aliphatic carbocycles. The molecule has 0 saturated carbocycles. The molecule has 3 atom stereocenters. The molecule has 0 aromatic carbocycles. The van der Waals surface area contributed by atoms with Gasteiger partial charge in [0.2, 0.25) is 0 Å². The van der Waals surface area contributed by atoms with Gasteiger partial charge in [-0.15, -0.1) is 0 Å². The van der Waals surface area contributed by atoms with Crippen LogP contribution in [-0.2, 0) is 4.74 Å². The minimum atomic E-state index is 0.580. The van der Waals surface area contributed by atoms with Crippen molar-refractivity contribution in [3.05, 3.63) is 0 Å². The molecule has 2 rings (SSSR count). The van der Waals surface area contributed by atoms with Crippen molar-refractivity contribution < 1.29 is 4.74 Å². The first-order valence-electron chi connectivity index (χ1n) is 6.94. The zero-order chi connectivity index (χ0) is 12.1. The lowest BCUT2D eigenvalue weighted by Crippen LogP contribution is -2.47. The van der Waals surface area contributed by atoms with Crippen molar-refractivity contribution in [3.8, 4) is 0 Å². The molecule has 2 heterocycles. The Labute approximate surface area is 110 Å². The van der Waals surface area contributed by atoms with Gasteiger partial charge in [0.25, 0.3) is 0 Å². The highest BCUT2D eigenvalue weighted by Crippen LogP contribution is 2.21. The molecule has 2 aliphatic rings. The molecule has 0 aromatic heterocycles. The Bertz CT molecular complexity index is 227. The summed E-state index contributed by atoms with van der Waals surface area (Å²) < 4.78 is 5.65. The number of ether oxygens (including phenoxy) is 1. The van der Waals surface area contributed by atoms with Gasteiger partial charge in [0.1, 0.15) is 0 Å². The van der Waals surface area contributed by atoms with Gasteiger partial charge in [0.15, 0.2) is 0 Å². The van der Waals surface area contributed by atoms with Crippen molar-refractivity contribution in [1.29, 1.82) is 0 Å². The Morgan fingerprint density at radius 3 is 3.06 bits per heavy atom. The first-order chi connectivity index (χ1) is 8.31. The van der Waals surface area contributed by atoms with Crippen LogP contribution in [0.2, 0.25) is 0 Å². The van der Waals surface area contributed by atoms with Crippen molar-refractivity contribution in [2.75, 3.05) is 44.4 Å². The van der Waals surface area contributed by atoms with Crippen LogP contribution in [-0.4, -0.2) is 61.3 Å². The highest BCUT2D eigenvalue weighted by Gasteiger charge is 2.31. The molecule has 1 N–H and O–H groups in total. The summed E-state index contributed by atoms with van der Waals surface area (Å²) in [6.45, 7) is 10.0. The zero-order valence-electron chi connectivity index (χ0n) is 11.2. The van der Waals surface area contributed by atoms with Crippen molar-refractivity contribution >= 4 is 11.8 Å². The Hall–Kier alpha value is 0.230. The second-order valence-electron chi connectivity index (χ2n) is 5.28. The van der Waals surface area contributed by atoms with Crippen LogP contribution in [0, 0.1) is 5.92 Å². The Kier molecular flexibility index (Phi) is 5.60. The SMILES string of the molecule is CCCNC1COCC1CN1CCSCC1C. The van der Waals surface area contributed by atoms with E-state index in [9.17, 15) is 0 Å². The van der Waals surface area contributed by atoms with E-state index in [1.54, 1.807) is 0 Å². The molecule has 0 radical (unpaired) electrons. The van der Waals surface area contributed by atoms with Crippen LogP contribution in [0.3, 0.4) is 0 Å². The Morgan fingerprint density at radius 2 is 2.29 bits per heavy atom. The summed E-state index contributed by atoms with van der Waals surface area (Å²) in [5, 5.41) is 3.63. The van der Waals surface area contributed by atoms with E-state index in [2.05, 4.69) is 35.8 Å². The maximum Gasteiger partial charge on any atom is 0.0623 e. The molecule has 2 aliphatic heterocycles. The van der Waals surface area contributed by atoms with Crippen molar-refractivity contribution in [1.82, 2.24) is 10.2 Å². The van der Waals surface area contributed by atoms with E-state index in [-0.39, 0.29) is 0 Å². The van der Waals surface area contributed by atoms with Crippen LogP contribution in [0.4, 0.5) is 0 Å². The number of hydrogen-bond donors (Lipinski definition) is 1. The Morgan fingerprint density at radius 1 is 1.41 bits per heavy atom. The summed E-state index contributed by atoms with van der Waals surface area (Å²) >= 11 is 2.09. The summed E-state index contributed by atoms with van der Waals surface area (Å²) in [7, 11) is 0. The molecule has 4 heteroatoms. The third-order valence-corrected chi connectivity index (χ3v) is 5.02. The van der Waals surface area contributed by atoms with Gasteiger partial charge < -0.3 is 10.1 Å². The van der Waals surface area contributed by atoms with Gasteiger partial charge in [-0.1, -0.05) is 6.92 Å². The van der Waals surface area contributed by atoms with E-state index < -0.39 is 0 Å². The zero-order valence-corrected chi connectivity index (χ0v) is 12.0. The molecular formula is C13H26N2OS. The van der Waals surface area contributed by atoms with E-state index in [1.165, 1.54) is 31.0 Å². The highest BCUT2D eigenvalue weighted by atomic mass is 32.2. The van der Waals surface area contributed by atoms with E-state index >= 15 is 0 Å². The number of nitrogens with one attached hydrogen (secondary N) is 1. The average molecular weight is 258 g/mol. The third-order valence-electron chi connectivity index (χ3n) is 3.83. The summed E-state index contributed by atoms with van der Waals surface area (Å²) in [5.74, 6) is 3.28. The minimum Gasteiger partial charge on any atom is -0.379 e. The van der Waals surface area contributed by atoms with E-state index in [0.29, 0.717) is 12.0 Å². The third kappa shape index (κ3) is 3.85. The maximum atomic E-state index is 5.65. The highest BCUT2D eigenvalue weighted by molar-refractivity contribution is 7.99. The van der Waals surface area contributed by atoms with E-state index in [0.717, 1.165) is 25.8 Å². The predicted octanol–water partition coefficient (Wildman–Crippen LogP) is 1.44. The molecule has 0 spiro atoms. The van der Waals surface area contributed by atoms with Crippen LogP contribution in [0.1, 0.15) is 20.3 Å². The molecule has 0 amide bonds. The predicted molar refractivity (Wildman–Crippen MR) is 74.8 cm³/mol. The maximum absolute atomic E-state index is 5.65. The number of nitrogens with zero attached hydrogens (tertiary/aromatic N) is 1. The summed E-state index contributed by atoms with van der Waals surface area (Å²) in [5.41, 5.74) is 0. The molecule has 2 saturated heterocycles. The lowest BCUT2D eigenvalue weighted by Gasteiger charge is -2.35. The topological polar surface area (TPSA) is 24.5 Å². The fourth-order valence-electron chi connectivity index (χ4n) is 2.67. The lowest BCUT2D eigenvalue weighted by atomic mass is 10.0. The fourth-order valence-corrected chi connectivity index (χ4v) is 3.75. The van der Waals surface area contributed by atoms with Crippen molar-refractivity contribution in [2.45, 2.75) is 32.4 Å². The average Bonchev–Trinajstić information content (AvgIpc) is 2.77. The first kappa shape index (κ1) is 13.7. The van der Waals surface area contributed by atoms with Gasteiger partial charge >= 0.3 is 0 Å². The van der Waals surface area contributed by atoms with Crippen molar-refractivity contribution in [3.63, 3.8) is 0 Å². The molecule has 2 fully saturated rings. The van der Waals surface area contributed by atoms with Gasteiger partial charge in [-0.3, -0.25) is 4.90 Å². The monoisotopic (exact) mass is 258 g/mol. The van der Waals surface area contributed by atoms with Crippen LogP contribution in [0.25, 0.3) is 0 Å². The molecule has 100 valence electrons. The van der Waals surface area contributed by atoms with Gasteiger partial charge in [0.05, 0.1) is 13.2 Å². The molecule has 3 nitrogen and oxygen atoms in total. The first-order valence-corrected chi connectivity index (χ1v) is 8.09.